The molecule has 0 radical (unpaired) electrons. The molecule has 3 rings (SSSR count). The van der Waals surface area contributed by atoms with Gasteiger partial charge in [0, 0.05) is 16.5 Å². The van der Waals surface area contributed by atoms with Crippen molar-refractivity contribution >= 4 is 50.9 Å². The van der Waals surface area contributed by atoms with Gasteiger partial charge in [0.1, 0.15) is 5.03 Å². The number of aromatic nitrogens is 4. The van der Waals surface area contributed by atoms with Gasteiger partial charge in [-0.2, -0.15) is 10.2 Å². The lowest BCUT2D eigenvalue weighted by atomic mass is 10.2. The molecule has 1 N–H and O–H groups in total. The minimum Gasteiger partial charge on any atom is -0.267 e. The van der Waals surface area contributed by atoms with Crippen molar-refractivity contribution in [2.45, 2.75) is 9.92 Å². The van der Waals surface area contributed by atoms with E-state index in [0.717, 1.165) is 15.3 Å². The number of aromatic amines is 1. The van der Waals surface area contributed by atoms with Crippen LogP contribution in [-0.4, -0.2) is 19.7 Å². The highest BCUT2D eigenvalue weighted by Gasteiger charge is 2.04. The summed E-state index contributed by atoms with van der Waals surface area (Å²) in [7, 11) is 0. The normalized spacial score (nSPS) is 11.6. The average Bonchev–Trinajstić information content (AvgIpc) is 2.86. The maximum absolute atomic E-state index is 11.6. The molecule has 2 heterocycles. The molecular formula is C11H8IN4OPS. The van der Waals surface area contributed by atoms with Gasteiger partial charge in [-0.15, -0.1) is 0 Å². The number of benzene rings is 1. The minimum atomic E-state index is -0.163. The second-order valence-electron chi connectivity index (χ2n) is 3.73. The third-order valence-corrected chi connectivity index (χ3v) is 5.33. The molecule has 0 aliphatic rings. The fourth-order valence-electron chi connectivity index (χ4n) is 1.67. The van der Waals surface area contributed by atoms with Crippen molar-refractivity contribution < 1.29 is 0 Å². The van der Waals surface area contributed by atoms with Crippen molar-refractivity contribution in [2.24, 2.45) is 0 Å². The molecule has 1 unspecified atom stereocenters. The van der Waals surface area contributed by atoms with Crippen LogP contribution < -0.4 is 5.56 Å². The summed E-state index contributed by atoms with van der Waals surface area (Å²) < 4.78 is 1.90. The Bertz CT molecular complexity index is 787. The Balaban J connectivity index is 1.95. The lowest BCUT2D eigenvalue weighted by molar-refractivity contribution is 0.942. The summed E-state index contributed by atoms with van der Waals surface area (Å²) in [4.78, 5) is 12.6. The van der Waals surface area contributed by atoms with E-state index in [1.165, 1.54) is 0 Å². The first-order chi connectivity index (χ1) is 9.26. The summed E-state index contributed by atoms with van der Waals surface area (Å²) in [6.07, 6.45) is 4.22. The minimum absolute atomic E-state index is 0.163. The molecule has 96 valence electrons. The lowest BCUT2D eigenvalue weighted by Gasteiger charge is -2.00. The molecule has 0 aliphatic heterocycles. The van der Waals surface area contributed by atoms with E-state index in [1.54, 1.807) is 18.0 Å². The van der Waals surface area contributed by atoms with Crippen LogP contribution in [0, 0.1) is 0 Å². The van der Waals surface area contributed by atoms with Crippen molar-refractivity contribution in [1.82, 2.24) is 19.7 Å². The van der Waals surface area contributed by atoms with E-state index >= 15 is 0 Å². The molecule has 0 spiro atoms. The molecule has 0 aliphatic carbocycles. The standard InChI is InChI=1S/C11H8IN4OPS/c12-18-16-4-3-10(15-16)19-8-1-2-9-7(5-8)6-13-14-11(9)17/h1-6,18H,(H,14,17). The third kappa shape index (κ3) is 2.82. The molecule has 2 aromatic heterocycles. The quantitative estimate of drug-likeness (QED) is 0.541. The summed E-state index contributed by atoms with van der Waals surface area (Å²) >= 11 is 3.86. The molecule has 0 amide bonds. The molecule has 1 aromatic carbocycles. The van der Waals surface area contributed by atoms with Crippen molar-refractivity contribution in [3.63, 3.8) is 0 Å². The van der Waals surface area contributed by atoms with Crippen LogP contribution in [0.2, 0.25) is 0 Å². The van der Waals surface area contributed by atoms with Crippen LogP contribution in [0.4, 0.5) is 0 Å². The van der Waals surface area contributed by atoms with Crippen LogP contribution in [0.3, 0.4) is 0 Å². The van der Waals surface area contributed by atoms with Crippen molar-refractivity contribution in [3.05, 3.63) is 47.0 Å². The van der Waals surface area contributed by atoms with Crippen LogP contribution in [-0.2, 0) is 0 Å². The van der Waals surface area contributed by atoms with E-state index in [2.05, 4.69) is 37.3 Å². The predicted molar refractivity (Wildman–Crippen MR) is 86.4 cm³/mol. The Kier molecular flexibility index (Phi) is 3.86. The van der Waals surface area contributed by atoms with Crippen molar-refractivity contribution in [1.29, 1.82) is 0 Å². The highest BCUT2D eigenvalue weighted by Crippen LogP contribution is 2.30. The van der Waals surface area contributed by atoms with Crippen molar-refractivity contribution in [3.8, 4) is 0 Å². The molecule has 0 fully saturated rings. The second kappa shape index (κ2) is 5.60. The number of rotatable bonds is 3. The number of halogens is 1. The zero-order valence-electron chi connectivity index (χ0n) is 9.50. The van der Waals surface area contributed by atoms with Crippen LogP contribution >= 0.6 is 40.2 Å². The Hall–Kier alpha value is -0.920. The highest BCUT2D eigenvalue weighted by molar-refractivity contribution is 14.2. The van der Waals surface area contributed by atoms with Gasteiger partial charge in [0.05, 0.1) is 18.0 Å². The zero-order valence-corrected chi connectivity index (χ0v) is 13.5. The molecule has 0 bridgehead atoms. The van der Waals surface area contributed by atoms with Gasteiger partial charge in [0.15, 0.2) is 0 Å². The van der Waals surface area contributed by atoms with E-state index in [0.29, 0.717) is 11.8 Å². The van der Waals surface area contributed by atoms with Gasteiger partial charge in [0.25, 0.3) is 5.56 Å². The first-order valence-corrected chi connectivity index (χ1v) is 10.2. The summed E-state index contributed by atoms with van der Waals surface area (Å²) in [5.74, 6) is 0. The van der Waals surface area contributed by atoms with Gasteiger partial charge in [-0.25, -0.2) is 9.55 Å². The van der Waals surface area contributed by atoms with Crippen LogP contribution in [0.25, 0.3) is 10.8 Å². The Morgan fingerprint density at radius 3 is 3.05 bits per heavy atom. The SMILES string of the molecule is O=c1[nH]ncc2cc(Sc3ccn(PI)n3)ccc12. The van der Waals surface area contributed by atoms with Crippen LogP contribution in [0.1, 0.15) is 0 Å². The first-order valence-electron chi connectivity index (χ1n) is 5.34. The lowest BCUT2D eigenvalue weighted by Crippen LogP contribution is -2.06. The summed E-state index contributed by atoms with van der Waals surface area (Å²) in [6, 6.07) is 7.67. The summed E-state index contributed by atoms with van der Waals surface area (Å²) in [5, 5.41) is 13.1. The number of hydrogen-bond donors (Lipinski definition) is 1. The smallest absolute Gasteiger partial charge is 0.267 e. The molecule has 19 heavy (non-hydrogen) atoms. The Labute approximate surface area is 127 Å². The monoisotopic (exact) mass is 402 g/mol. The van der Waals surface area contributed by atoms with E-state index in [-0.39, 0.29) is 5.56 Å². The number of H-pyrrole nitrogens is 1. The fourth-order valence-corrected chi connectivity index (χ4v) is 3.64. The zero-order chi connectivity index (χ0) is 13.2. The van der Waals surface area contributed by atoms with Crippen molar-refractivity contribution in [2.75, 3.05) is 0 Å². The van der Waals surface area contributed by atoms with Gasteiger partial charge in [-0.05, 0) is 46.3 Å². The molecule has 0 saturated carbocycles. The van der Waals surface area contributed by atoms with E-state index in [9.17, 15) is 4.79 Å². The first kappa shape index (κ1) is 13.1. The third-order valence-electron chi connectivity index (χ3n) is 2.51. The second-order valence-corrected chi connectivity index (χ2v) is 6.90. The molecule has 8 heteroatoms. The number of hydrogen-bond acceptors (Lipinski definition) is 4. The van der Waals surface area contributed by atoms with Crippen LogP contribution in [0.5, 0.6) is 0 Å². The number of nitrogens with zero attached hydrogens (tertiary/aromatic N) is 3. The van der Waals surface area contributed by atoms with Gasteiger partial charge >= 0.3 is 0 Å². The topological polar surface area (TPSA) is 63.6 Å². The highest BCUT2D eigenvalue weighted by atomic mass is 127. The number of nitrogens with one attached hydrogen (secondary N) is 1. The van der Waals surface area contributed by atoms with Gasteiger partial charge in [-0.3, -0.25) is 4.79 Å². The van der Waals surface area contributed by atoms with E-state index in [4.69, 9.17) is 0 Å². The number of fused-ring (bicyclic) bond motifs is 1. The molecular weight excluding hydrogens is 394 g/mol. The van der Waals surface area contributed by atoms with Crippen LogP contribution in [0.15, 0.2) is 51.4 Å². The Morgan fingerprint density at radius 2 is 2.26 bits per heavy atom. The largest absolute Gasteiger partial charge is 0.272 e. The summed E-state index contributed by atoms with van der Waals surface area (Å²) in [6.45, 7) is 0. The van der Waals surface area contributed by atoms with Gasteiger partial charge in [-0.1, -0.05) is 11.8 Å². The van der Waals surface area contributed by atoms with Gasteiger partial charge in [0.2, 0.25) is 0 Å². The fraction of sp³-hybridized carbons (Fsp3) is 0. The predicted octanol–water partition coefficient (Wildman–Crippen LogP) is 3.06. The molecule has 3 aromatic rings. The molecule has 5 nitrogen and oxygen atoms in total. The molecule has 0 saturated heterocycles. The van der Waals surface area contributed by atoms with E-state index < -0.39 is 0 Å². The van der Waals surface area contributed by atoms with E-state index in [1.807, 2.05) is 34.9 Å². The molecule has 1 atom stereocenters. The summed E-state index contributed by atoms with van der Waals surface area (Å²) in [5.41, 5.74) is -0.163. The average molecular weight is 402 g/mol. The maximum Gasteiger partial charge on any atom is 0.272 e. The maximum atomic E-state index is 11.6. The van der Waals surface area contributed by atoms with Gasteiger partial charge < -0.3 is 0 Å². The Morgan fingerprint density at radius 1 is 1.37 bits per heavy atom.